The summed E-state index contributed by atoms with van der Waals surface area (Å²) >= 11 is 0. The topological polar surface area (TPSA) is 89.7 Å². The zero-order chi connectivity index (χ0) is 17.1. The molecular formula is C16H20N4O4. The highest BCUT2D eigenvalue weighted by atomic mass is 16.5. The molecule has 1 aromatic heterocycles. The van der Waals surface area contributed by atoms with E-state index in [4.69, 9.17) is 14.6 Å². The second-order valence-corrected chi connectivity index (χ2v) is 5.70. The Morgan fingerprint density at radius 1 is 1.25 bits per heavy atom. The average molecular weight is 332 g/mol. The van der Waals surface area contributed by atoms with Gasteiger partial charge in [-0.25, -0.2) is 4.68 Å². The second kappa shape index (κ2) is 6.88. The van der Waals surface area contributed by atoms with Gasteiger partial charge in [0, 0.05) is 19.2 Å². The molecule has 0 aliphatic carbocycles. The van der Waals surface area contributed by atoms with Gasteiger partial charge in [0.05, 0.1) is 39.5 Å². The van der Waals surface area contributed by atoms with Gasteiger partial charge in [-0.2, -0.15) is 0 Å². The molecule has 1 saturated heterocycles. The van der Waals surface area contributed by atoms with E-state index in [2.05, 4.69) is 10.3 Å². The summed E-state index contributed by atoms with van der Waals surface area (Å²) < 4.78 is 12.1. The standard InChI is InChI=1S/C16H20N4O4/c1-23-14-3-11(4-15(6-14)24-2)5-16(22)19-8-13(9-19)20-7-12(10-21)17-18-20/h3-4,6-7,13,21H,5,8-10H2,1-2H3. The summed E-state index contributed by atoms with van der Waals surface area (Å²) in [5.41, 5.74) is 1.38. The van der Waals surface area contributed by atoms with Crippen molar-refractivity contribution in [2.75, 3.05) is 27.3 Å². The first kappa shape index (κ1) is 16.3. The summed E-state index contributed by atoms with van der Waals surface area (Å²) in [6.07, 6.45) is 2.00. The lowest BCUT2D eigenvalue weighted by molar-refractivity contribution is -0.136. The van der Waals surface area contributed by atoms with Crippen molar-refractivity contribution < 1.29 is 19.4 Å². The maximum absolute atomic E-state index is 12.4. The van der Waals surface area contributed by atoms with Gasteiger partial charge in [-0.05, 0) is 17.7 Å². The Morgan fingerprint density at radius 2 is 1.92 bits per heavy atom. The molecule has 3 rings (SSSR count). The molecule has 0 bridgehead atoms. The lowest BCUT2D eigenvalue weighted by Crippen LogP contribution is -2.51. The van der Waals surface area contributed by atoms with Crippen LogP contribution in [0.1, 0.15) is 17.3 Å². The predicted octanol–water partition coefficient (Wildman–Crippen LogP) is 0.414. The number of likely N-dealkylation sites (tertiary alicyclic amines) is 1. The minimum atomic E-state index is -0.132. The average Bonchev–Trinajstić information content (AvgIpc) is 3.01. The Balaban J connectivity index is 1.59. The van der Waals surface area contributed by atoms with E-state index >= 15 is 0 Å². The van der Waals surface area contributed by atoms with Crippen LogP contribution in [0, 0.1) is 0 Å². The molecule has 1 N–H and O–H groups in total. The molecule has 1 aliphatic rings. The minimum Gasteiger partial charge on any atom is -0.497 e. The fraction of sp³-hybridized carbons (Fsp3) is 0.438. The van der Waals surface area contributed by atoms with Crippen LogP contribution in [-0.4, -0.2) is 58.2 Å². The van der Waals surface area contributed by atoms with Crippen LogP contribution in [0.3, 0.4) is 0 Å². The lowest BCUT2D eigenvalue weighted by atomic mass is 10.1. The van der Waals surface area contributed by atoms with Gasteiger partial charge in [0.1, 0.15) is 17.2 Å². The largest absolute Gasteiger partial charge is 0.497 e. The predicted molar refractivity (Wildman–Crippen MR) is 84.8 cm³/mol. The van der Waals surface area contributed by atoms with E-state index < -0.39 is 0 Å². The molecule has 0 saturated carbocycles. The third kappa shape index (κ3) is 3.33. The van der Waals surface area contributed by atoms with E-state index in [1.807, 2.05) is 12.1 Å². The van der Waals surface area contributed by atoms with Crippen LogP contribution in [0.15, 0.2) is 24.4 Å². The Morgan fingerprint density at radius 3 is 2.46 bits per heavy atom. The number of hydrogen-bond acceptors (Lipinski definition) is 6. The first-order chi connectivity index (χ1) is 11.6. The van der Waals surface area contributed by atoms with Crippen molar-refractivity contribution in [3.63, 3.8) is 0 Å². The van der Waals surface area contributed by atoms with Gasteiger partial charge in [0.25, 0.3) is 0 Å². The Kier molecular flexibility index (Phi) is 4.66. The summed E-state index contributed by atoms with van der Waals surface area (Å²) in [5.74, 6) is 1.37. The van der Waals surface area contributed by atoms with Gasteiger partial charge in [-0.3, -0.25) is 4.79 Å². The fourth-order valence-corrected chi connectivity index (χ4v) is 2.65. The van der Waals surface area contributed by atoms with Gasteiger partial charge in [0.15, 0.2) is 0 Å². The van der Waals surface area contributed by atoms with Gasteiger partial charge in [-0.15, -0.1) is 5.10 Å². The molecule has 128 valence electrons. The maximum atomic E-state index is 12.4. The smallest absolute Gasteiger partial charge is 0.227 e. The summed E-state index contributed by atoms with van der Waals surface area (Å²) in [7, 11) is 3.17. The van der Waals surface area contributed by atoms with Crippen LogP contribution in [0.4, 0.5) is 0 Å². The molecule has 0 unspecified atom stereocenters. The Hall–Kier alpha value is -2.61. The first-order valence-corrected chi connectivity index (χ1v) is 7.64. The number of ether oxygens (including phenoxy) is 2. The van der Waals surface area contributed by atoms with Gasteiger partial charge in [-0.1, -0.05) is 5.21 Å². The van der Waals surface area contributed by atoms with E-state index in [-0.39, 0.29) is 18.6 Å². The highest BCUT2D eigenvalue weighted by Crippen LogP contribution is 2.25. The van der Waals surface area contributed by atoms with Crippen LogP contribution >= 0.6 is 0 Å². The highest BCUT2D eigenvalue weighted by molar-refractivity contribution is 5.79. The fourth-order valence-electron chi connectivity index (χ4n) is 2.65. The van der Waals surface area contributed by atoms with Gasteiger partial charge in [0.2, 0.25) is 5.91 Å². The number of aliphatic hydroxyl groups excluding tert-OH is 1. The summed E-state index contributed by atoms with van der Waals surface area (Å²) in [6, 6.07) is 5.56. The van der Waals surface area contributed by atoms with Crippen molar-refractivity contribution >= 4 is 5.91 Å². The molecule has 24 heavy (non-hydrogen) atoms. The van der Waals surface area contributed by atoms with Crippen molar-refractivity contribution in [1.29, 1.82) is 0 Å². The molecular weight excluding hydrogens is 312 g/mol. The number of amides is 1. The van der Waals surface area contributed by atoms with Gasteiger partial charge >= 0.3 is 0 Å². The quantitative estimate of drug-likeness (QED) is 0.824. The number of benzene rings is 1. The number of aliphatic hydroxyl groups is 1. The van der Waals surface area contributed by atoms with Crippen molar-refractivity contribution in [2.24, 2.45) is 0 Å². The minimum absolute atomic E-state index is 0.0454. The van der Waals surface area contributed by atoms with E-state index in [0.717, 1.165) is 5.56 Å². The van der Waals surface area contributed by atoms with Crippen LogP contribution in [-0.2, 0) is 17.8 Å². The SMILES string of the molecule is COc1cc(CC(=O)N2CC(n3cc(CO)nn3)C2)cc(OC)c1. The third-order valence-electron chi connectivity index (χ3n) is 4.08. The van der Waals surface area contributed by atoms with E-state index in [0.29, 0.717) is 36.7 Å². The number of rotatable bonds is 6. The Bertz CT molecular complexity index is 702. The van der Waals surface area contributed by atoms with Crippen LogP contribution < -0.4 is 9.47 Å². The van der Waals surface area contributed by atoms with Crippen LogP contribution in [0.5, 0.6) is 11.5 Å². The summed E-state index contributed by atoms with van der Waals surface area (Å²) in [6.45, 7) is 1.05. The molecule has 1 fully saturated rings. The number of carbonyl (C=O) groups is 1. The van der Waals surface area contributed by atoms with Crippen LogP contribution in [0.2, 0.25) is 0 Å². The molecule has 1 aliphatic heterocycles. The van der Waals surface area contributed by atoms with E-state index in [9.17, 15) is 4.79 Å². The zero-order valence-electron chi connectivity index (χ0n) is 13.7. The van der Waals surface area contributed by atoms with Crippen LogP contribution in [0.25, 0.3) is 0 Å². The molecule has 0 atom stereocenters. The summed E-state index contributed by atoms with van der Waals surface area (Å²) in [4.78, 5) is 14.2. The lowest BCUT2D eigenvalue weighted by Gasteiger charge is -2.39. The normalized spacial score (nSPS) is 14.4. The number of hydrogen-bond donors (Lipinski definition) is 1. The van der Waals surface area contributed by atoms with Crippen molar-refractivity contribution in [2.45, 2.75) is 19.1 Å². The maximum Gasteiger partial charge on any atom is 0.227 e. The van der Waals surface area contributed by atoms with Crippen molar-refractivity contribution in [3.05, 3.63) is 35.7 Å². The molecule has 8 nitrogen and oxygen atoms in total. The molecule has 1 amide bonds. The molecule has 8 heteroatoms. The summed E-state index contributed by atoms with van der Waals surface area (Å²) in [5, 5.41) is 16.8. The Labute approximate surface area is 139 Å². The number of nitrogens with zero attached hydrogens (tertiary/aromatic N) is 4. The zero-order valence-corrected chi connectivity index (χ0v) is 13.7. The monoisotopic (exact) mass is 332 g/mol. The molecule has 1 aromatic carbocycles. The van der Waals surface area contributed by atoms with Crippen molar-refractivity contribution in [1.82, 2.24) is 19.9 Å². The molecule has 2 aromatic rings. The molecule has 0 radical (unpaired) electrons. The molecule has 0 spiro atoms. The molecule has 2 heterocycles. The van der Waals surface area contributed by atoms with E-state index in [1.54, 1.807) is 36.1 Å². The second-order valence-electron chi connectivity index (χ2n) is 5.70. The van der Waals surface area contributed by atoms with Crippen molar-refractivity contribution in [3.8, 4) is 11.5 Å². The van der Waals surface area contributed by atoms with Gasteiger partial charge < -0.3 is 19.5 Å². The highest BCUT2D eigenvalue weighted by Gasteiger charge is 2.32. The number of aromatic nitrogens is 3. The third-order valence-corrected chi connectivity index (χ3v) is 4.08. The first-order valence-electron chi connectivity index (χ1n) is 7.64. The number of carbonyl (C=O) groups excluding carboxylic acids is 1. The number of methoxy groups -OCH3 is 2. The van der Waals surface area contributed by atoms with E-state index in [1.165, 1.54) is 0 Å².